The molecule has 1 rings (SSSR count). The Balaban J connectivity index is 1.93. The zero-order valence-corrected chi connectivity index (χ0v) is 11.8. The van der Waals surface area contributed by atoms with Gasteiger partial charge in [0.1, 0.15) is 6.61 Å². The minimum absolute atomic E-state index is 0.0488. The van der Waals surface area contributed by atoms with Crippen molar-refractivity contribution in [1.82, 2.24) is 10.6 Å². The number of hydrogen-bond acceptors (Lipinski definition) is 3. The fraction of sp³-hybridized carbons (Fsp3) is 0.533. The van der Waals surface area contributed by atoms with Crippen LogP contribution >= 0.6 is 0 Å². The molecule has 2 N–H and O–H groups in total. The van der Waals surface area contributed by atoms with Crippen LogP contribution in [-0.2, 0) is 16.1 Å². The molecule has 0 saturated heterocycles. The van der Waals surface area contributed by atoms with E-state index in [0.717, 1.165) is 19.5 Å². The Morgan fingerprint density at radius 3 is 2.68 bits per heavy atom. The van der Waals surface area contributed by atoms with Gasteiger partial charge in [0.25, 0.3) is 0 Å². The zero-order chi connectivity index (χ0) is 13.9. The largest absolute Gasteiger partial charge is 0.372 e. The topological polar surface area (TPSA) is 50.4 Å². The van der Waals surface area contributed by atoms with E-state index in [1.807, 2.05) is 32.0 Å². The molecule has 0 heterocycles. The van der Waals surface area contributed by atoms with Gasteiger partial charge in [-0.15, -0.1) is 0 Å². The Bertz CT molecular complexity index is 352. The van der Waals surface area contributed by atoms with Gasteiger partial charge < -0.3 is 15.4 Å². The van der Waals surface area contributed by atoms with Crippen molar-refractivity contribution in [2.45, 2.75) is 32.9 Å². The number of carbonyl (C=O) groups excluding carboxylic acids is 1. The normalized spacial score (nSPS) is 10.7. The molecule has 1 amide bonds. The lowest BCUT2D eigenvalue weighted by Gasteiger charge is -2.09. The molecule has 1 aromatic rings. The molecule has 106 valence electrons. The third-order valence-electron chi connectivity index (χ3n) is 2.50. The van der Waals surface area contributed by atoms with Crippen LogP contribution in [0.15, 0.2) is 30.3 Å². The molecule has 0 saturated carbocycles. The second-order valence-electron chi connectivity index (χ2n) is 4.79. The number of hydrogen-bond donors (Lipinski definition) is 2. The summed E-state index contributed by atoms with van der Waals surface area (Å²) in [6, 6.07) is 10.4. The van der Waals surface area contributed by atoms with E-state index < -0.39 is 0 Å². The van der Waals surface area contributed by atoms with Gasteiger partial charge in [-0.05, 0) is 32.4 Å². The van der Waals surface area contributed by atoms with Crippen LogP contribution in [0.4, 0.5) is 0 Å². The summed E-state index contributed by atoms with van der Waals surface area (Å²) in [7, 11) is 0. The van der Waals surface area contributed by atoms with Crippen molar-refractivity contribution >= 4 is 5.91 Å². The van der Waals surface area contributed by atoms with Crippen LogP contribution < -0.4 is 10.6 Å². The molecule has 1 aromatic carbocycles. The number of rotatable bonds is 9. The first-order chi connectivity index (χ1) is 9.18. The van der Waals surface area contributed by atoms with Crippen molar-refractivity contribution in [2.24, 2.45) is 0 Å². The van der Waals surface area contributed by atoms with Crippen molar-refractivity contribution < 1.29 is 9.53 Å². The van der Waals surface area contributed by atoms with Gasteiger partial charge in [0.2, 0.25) is 5.91 Å². The Morgan fingerprint density at radius 2 is 2.00 bits per heavy atom. The van der Waals surface area contributed by atoms with E-state index in [4.69, 9.17) is 4.74 Å². The third kappa shape index (κ3) is 8.35. The zero-order valence-electron chi connectivity index (χ0n) is 11.8. The maximum Gasteiger partial charge on any atom is 0.246 e. The molecule has 0 bridgehead atoms. The van der Waals surface area contributed by atoms with Gasteiger partial charge in [-0.1, -0.05) is 30.3 Å². The molecule has 0 aliphatic carbocycles. The summed E-state index contributed by atoms with van der Waals surface area (Å²) in [6.45, 7) is 6.39. The average Bonchev–Trinajstić information content (AvgIpc) is 2.38. The quantitative estimate of drug-likeness (QED) is 0.668. The highest BCUT2D eigenvalue weighted by Crippen LogP contribution is 1.96. The van der Waals surface area contributed by atoms with Gasteiger partial charge in [0.15, 0.2) is 0 Å². The maximum atomic E-state index is 11.3. The fourth-order valence-corrected chi connectivity index (χ4v) is 1.66. The van der Waals surface area contributed by atoms with Crippen molar-refractivity contribution in [3.05, 3.63) is 35.9 Å². The molecule has 4 heteroatoms. The molecular formula is C15H24N2O2. The summed E-state index contributed by atoms with van der Waals surface area (Å²) in [4.78, 5) is 11.3. The van der Waals surface area contributed by atoms with E-state index in [1.54, 1.807) is 0 Å². The van der Waals surface area contributed by atoms with Gasteiger partial charge >= 0.3 is 0 Å². The van der Waals surface area contributed by atoms with E-state index in [-0.39, 0.29) is 18.6 Å². The predicted octanol–water partition coefficient (Wildman–Crippen LogP) is 1.71. The number of ether oxygens (including phenoxy) is 1. The van der Waals surface area contributed by atoms with Crippen LogP contribution in [0.3, 0.4) is 0 Å². The Kier molecular flexibility index (Phi) is 7.86. The molecule has 0 atom stereocenters. The van der Waals surface area contributed by atoms with Crippen LogP contribution in [0.25, 0.3) is 0 Å². The van der Waals surface area contributed by atoms with E-state index in [0.29, 0.717) is 6.61 Å². The summed E-state index contributed by atoms with van der Waals surface area (Å²) >= 11 is 0. The summed E-state index contributed by atoms with van der Waals surface area (Å²) in [5, 5.41) is 6.13. The minimum atomic E-state index is -0.0488. The van der Waals surface area contributed by atoms with Crippen molar-refractivity contribution in [1.29, 1.82) is 0 Å². The second-order valence-corrected chi connectivity index (χ2v) is 4.79. The Labute approximate surface area is 115 Å². The van der Waals surface area contributed by atoms with Gasteiger partial charge in [0, 0.05) is 19.2 Å². The second kappa shape index (κ2) is 9.53. The van der Waals surface area contributed by atoms with Gasteiger partial charge in [-0.3, -0.25) is 4.79 Å². The van der Waals surface area contributed by atoms with Crippen molar-refractivity contribution in [3.8, 4) is 0 Å². The molecule has 0 aromatic heterocycles. The molecule has 4 nitrogen and oxygen atoms in total. The molecular weight excluding hydrogens is 240 g/mol. The van der Waals surface area contributed by atoms with E-state index in [2.05, 4.69) is 22.8 Å². The Hall–Kier alpha value is -1.39. The van der Waals surface area contributed by atoms with E-state index in [9.17, 15) is 4.79 Å². The van der Waals surface area contributed by atoms with Gasteiger partial charge in [0.05, 0.1) is 0 Å². The molecule has 0 aliphatic rings. The summed E-state index contributed by atoms with van der Waals surface area (Å²) in [5.41, 5.74) is 1.28. The number of carbonyl (C=O) groups is 1. The monoisotopic (exact) mass is 264 g/mol. The first-order valence-corrected chi connectivity index (χ1v) is 6.80. The summed E-state index contributed by atoms with van der Waals surface area (Å²) < 4.78 is 5.30. The lowest BCUT2D eigenvalue weighted by molar-refractivity contribution is -0.126. The van der Waals surface area contributed by atoms with E-state index >= 15 is 0 Å². The molecule has 0 unspecified atom stereocenters. The van der Waals surface area contributed by atoms with Crippen LogP contribution in [-0.4, -0.2) is 31.7 Å². The molecule has 0 fully saturated rings. The first kappa shape index (κ1) is 15.7. The molecule has 19 heavy (non-hydrogen) atoms. The number of nitrogens with one attached hydrogen (secondary N) is 2. The van der Waals surface area contributed by atoms with Crippen LogP contribution in [0.1, 0.15) is 25.8 Å². The molecule has 0 aliphatic heterocycles. The lowest BCUT2D eigenvalue weighted by atomic mass is 10.2. The highest BCUT2D eigenvalue weighted by Gasteiger charge is 2.02. The van der Waals surface area contributed by atoms with E-state index in [1.165, 1.54) is 5.56 Å². The Morgan fingerprint density at radius 1 is 1.26 bits per heavy atom. The average molecular weight is 264 g/mol. The van der Waals surface area contributed by atoms with Crippen molar-refractivity contribution in [2.75, 3.05) is 19.8 Å². The number of benzene rings is 1. The molecule has 0 spiro atoms. The number of amides is 1. The van der Waals surface area contributed by atoms with Gasteiger partial charge in [-0.2, -0.15) is 0 Å². The highest BCUT2D eigenvalue weighted by atomic mass is 16.5. The minimum Gasteiger partial charge on any atom is -0.372 e. The van der Waals surface area contributed by atoms with Crippen LogP contribution in [0, 0.1) is 0 Å². The van der Waals surface area contributed by atoms with Crippen molar-refractivity contribution in [3.63, 3.8) is 0 Å². The van der Waals surface area contributed by atoms with Gasteiger partial charge in [-0.25, -0.2) is 0 Å². The molecule has 0 radical (unpaired) electrons. The predicted molar refractivity (Wildman–Crippen MR) is 76.9 cm³/mol. The SMILES string of the molecule is CC(C)NC(=O)COCCCNCc1ccccc1. The summed E-state index contributed by atoms with van der Waals surface area (Å²) in [6.07, 6.45) is 0.905. The third-order valence-corrected chi connectivity index (χ3v) is 2.50. The maximum absolute atomic E-state index is 11.3. The summed E-state index contributed by atoms with van der Waals surface area (Å²) in [5.74, 6) is -0.0488. The smallest absolute Gasteiger partial charge is 0.246 e. The lowest BCUT2D eigenvalue weighted by Crippen LogP contribution is -2.33. The first-order valence-electron chi connectivity index (χ1n) is 6.80. The van der Waals surface area contributed by atoms with Crippen LogP contribution in [0.2, 0.25) is 0 Å². The van der Waals surface area contributed by atoms with Crippen LogP contribution in [0.5, 0.6) is 0 Å². The highest BCUT2D eigenvalue weighted by molar-refractivity contribution is 5.77. The fourth-order valence-electron chi connectivity index (χ4n) is 1.66. The standard InChI is InChI=1S/C15H24N2O2/c1-13(2)17-15(18)12-19-10-6-9-16-11-14-7-4-3-5-8-14/h3-5,7-8,13,16H,6,9-12H2,1-2H3,(H,17,18).